The molecule has 1 aromatic carbocycles. The number of benzene rings is 1. The van der Waals surface area contributed by atoms with Gasteiger partial charge in [-0.05, 0) is 30.9 Å². The first-order valence-corrected chi connectivity index (χ1v) is 8.97. The number of hydrogen-bond acceptors (Lipinski definition) is 4. The Morgan fingerprint density at radius 2 is 1.88 bits per heavy atom. The Morgan fingerprint density at radius 3 is 2.56 bits per heavy atom. The predicted octanol–water partition coefficient (Wildman–Crippen LogP) is 1.87. The molecule has 2 aliphatic heterocycles. The van der Waals surface area contributed by atoms with E-state index in [2.05, 4.69) is 36.1 Å². The van der Waals surface area contributed by atoms with E-state index in [1.54, 1.807) is 12.0 Å². The molecule has 0 atom stereocenters. The summed E-state index contributed by atoms with van der Waals surface area (Å²) in [6.07, 6.45) is 1.84. The zero-order valence-electron chi connectivity index (χ0n) is 15.1. The van der Waals surface area contributed by atoms with Crippen LogP contribution in [0.3, 0.4) is 0 Å². The van der Waals surface area contributed by atoms with Crippen molar-refractivity contribution in [3.8, 4) is 0 Å². The van der Waals surface area contributed by atoms with Crippen LogP contribution in [0, 0.1) is 6.92 Å². The number of nitrogens with zero attached hydrogens (tertiary/aromatic N) is 3. The lowest BCUT2D eigenvalue weighted by atomic mass is 10.0. The molecule has 2 aliphatic rings. The van der Waals surface area contributed by atoms with E-state index in [0.29, 0.717) is 13.2 Å². The first-order chi connectivity index (χ1) is 12.1. The number of ether oxygens (including phenoxy) is 1. The average Bonchev–Trinajstić information content (AvgIpc) is 2.90. The predicted molar refractivity (Wildman–Crippen MR) is 95.2 cm³/mol. The lowest BCUT2D eigenvalue weighted by molar-refractivity contribution is -0.125. The lowest BCUT2D eigenvalue weighted by Crippen LogP contribution is -2.46. The van der Waals surface area contributed by atoms with E-state index in [9.17, 15) is 9.59 Å². The number of carbonyl (C=O) groups is 2. The SMILES string of the molecule is COCCN1C(=O)CN(C2CCN(Cc3ccccc3C)CC2)C1=O. The summed E-state index contributed by atoms with van der Waals surface area (Å²) in [4.78, 5) is 30.1. The molecule has 0 bridgehead atoms. The summed E-state index contributed by atoms with van der Waals surface area (Å²) < 4.78 is 4.99. The standard InChI is InChI=1S/C19H27N3O3/c1-15-5-3-4-6-16(15)13-20-9-7-17(8-10-20)22-14-18(23)21(19(22)24)11-12-25-2/h3-6,17H,7-14H2,1-2H3. The quantitative estimate of drug-likeness (QED) is 0.739. The number of methoxy groups -OCH3 is 1. The Kier molecular flexibility index (Phi) is 5.71. The number of rotatable bonds is 6. The van der Waals surface area contributed by atoms with Gasteiger partial charge in [-0.25, -0.2) is 4.79 Å². The third kappa shape index (κ3) is 4.02. The smallest absolute Gasteiger partial charge is 0.327 e. The van der Waals surface area contributed by atoms with E-state index in [4.69, 9.17) is 4.74 Å². The highest BCUT2D eigenvalue weighted by Crippen LogP contribution is 2.23. The fourth-order valence-corrected chi connectivity index (χ4v) is 3.67. The molecule has 0 aromatic heterocycles. The largest absolute Gasteiger partial charge is 0.383 e. The lowest BCUT2D eigenvalue weighted by Gasteiger charge is -2.36. The van der Waals surface area contributed by atoms with Crippen LogP contribution in [-0.2, 0) is 16.1 Å². The summed E-state index contributed by atoms with van der Waals surface area (Å²) in [5, 5.41) is 0. The average molecular weight is 345 g/mol. The van der Waals surface area contributed by atoms with Crippen molar-refractivity contribution in [2.75, 3.05) is 39.9 Å². The number of aryl methyl sites for hydroxylation is 1. The number of carbonyl (C=O) groups excluding carboxylic acids is 2. The molecular weight excluding hydrogens is 318 g/mol. The monoisotopic (exact) mass is 345 g/mol. The van der Waals surface area contributed by atoms with Gasteiger partial charge in [0.05, 0.1) is 13.2 Å². The van der Waals surface area contributed by atoms with E-state index >= 15 is 0 Å². The van der Waals surface area contributed by atoms with Gasteiger partial charge in [0.25, 0.3) is 0 Å². The van der Waals surface area contributed by atoms with Gasteiger partial charge in [-0.1, -0.05) is 24.3 Å². The van der Waals surface area contributed by atoms with Gasteiger partial charge in [-0.2, -0.15) is 0 Å². The van der Waals surface area contributed by atoms with E-state index in [1.165, 1.54) is 16.0 Å². The summed E-state index contributed by atoms with van der Waals surface area (Å²) in [6, 6.07) is 8.48. The normalized spacial score (nSPS) is 19.9. The Hall–Kier alpha value is -1.92. The zero-order valence-corrected chi connectivity index (χ0v) is 15.1. The minimum Gasteiger partial charge on any atom is -0.383 e. The third-order valence-corrected chi connectivity index (χ3v) is 5.26. The van der Waals surface area contributed by atoms with Crippen LogP contribution in [0.2, 0.25) is 0 Å². The minimum atomic E-state index is -0.153. The maximum Gasteiger partial charge on any atom is 0.327 e. The number of piperidine rings is 1. The molecule has 2 heterocycles. The molecule has 0 unspecified atom stereocenters. The summed E-state index contributed by atoms with van der Waals surface area (Å²) in [6.45, 7) is 5.95. The van der Waals surface area contributed by atoms with Gasteiger partial charge in [0, 0.05) is 32.8 Å². The zero-order chi connectivity index (χ0) is 17.8. The first kappa shape index (κ1) is 17.9. The summed E-state index contributed by atoms with van der Waals surface area (Å²) in [7, 11) is 1.58. The fourth-order valence-electron chi connectivity index (χ4n) is 3.67. The molecule has 3 amide bonds. The van der Waals surface area contributed by atoms with Crippen LogP contribution in [0.1, 0.15) is 24.0 Å². The number of amides is 3. The highest BCUT2D eigenvalue weighted by molar-refractivity contribution is 6.02. The van der Waals surface area contributed by atoms with Crippen LogP contribution in [0.15, 0.2) is 24.3 Å². The molecule has 6 heteroatoms. The van der Waals surface area contributed by atoms with Crippen molar-refractivity contribution >= 4 is 11.9 Å². The fraction of sp³-hybridized carbons (Fsp3) is 0.579. The van der Waals surface area contributed by atoms with Crippen LogP contribution in [0.4, 0.5) is 4.79 Å². The van der Waals surface area contributed by atoms with Crippen molar-refractivity contribution in [3.05, 3.63) is 35.4 Å². The topological polar surface area (TPSA) is 53.1 Å². The van der Waals surface area contributed by atoms with Gasteiger partial charge in [-0.15, -0.1) is 0 Å². The van der Waals surface area contributed by atoms with Crippen LogP contribution < -0.4 is 0 Å². The van der Waals surface area contributed by atoms with Crippen molar-refractivity contribution in [1.29, 1.82) is 0 Å². The molecule has 0 aliphatic carbocycles. The number of urea groups is 1. The highest BCUT2D eigenvalue weighted by atomic mass is 16.5. The third-order valence-electron chi connectivity index (χ3n) is 5.26. The summed E-state index contributed by atoms with van der Waals surface area (Å²) >= 11 is 0. The van der Waals surface area contributed by atoms with E-state index in [0.717, 1.165) is 32.5 Å². The van der Waals surface area contributed by atoms with Crippen LogP contribution in [0.5, 0.6) is 0 Å². The molecule has 136 valence electrons. The molecule has 6 nitrogen and oxygen atoms in total. The van der Waals surface area contributed by atoms with Crippen molar-refractivity contribution in [2.45, 2.75) is 32.4 Å². The second-order valence-corrected chi connectivity index (χ2v) is 6.88. The number of imide groups is 1. The second kappa shape index (κ2) is 7.97. The van der Waals surface area contributed by atoms with Crippen LogP contribution in [0.25, 0.3) is 0 Å². The number of hydrogen-bond donors (Lipinski definition) is 0. The van der Waals surface area contributed by atoms with E-state index in [1.807, 2.05) is 0 Å². The molecule has 0 saturated carbocycles. The van der Waals surface area contributed by atoms with Crippen molar-refractivity contribution < 1.29 is 14.3 Å². The van der Waals surface area contributed by atoms with Crippen LogP contribution >= 0.6 is 0 Å². The molecule has 0 spiro atoms. The van der Waals surface area contributed by atoms with Crippen molar-refractivity contribution in [3.63, 3.8) is 0 Å². The molecule has 2 fully saturated rings. The molecule has 0 N–H and O–H groups in total. The molecule has 25 heavy (non-hydrogen) atoms. The Morgan fingerprint density at radius 1 is 1.16 bits per heavy atom. The second-order valence-electron chi connectivity index (χ2n) is 6.88. The van der Waals surface area contributed by atoms with Crippen molar-refractivity contribution in [2.24, 2.45) is 0 Å². The highest BCUT2D eigenvalue weighted by Gasteiger charge is 2.40. The molecule has 3 rings (SSSR count). The van der Waals surface area contributed by atoms with Crippen molar-refractivity contribution in [1.82, 2.24) is 14.7 Å². The van der Waals surface area contributed by atoms with Gasteiger partial charge >= 0.3 is 6.03 Å². The van der Waals surface area contributed by atoms with Gasteiger partial charge in [0.2, 0.25) is 5.91 Å². The Labute approximate surface area is 149 Å². The van der Waals surface area contributed by atoms with E-state index in [-0.39, 0.29) is 24.5 Å². The van der Waals surface area contributed by atoms with Gasteiger partial charge in [0.15, 0.2) is 0 Å². The Bertz CT molecular complexity index is 626. The van der Waals surface area contributed by atoms with E-state index < -0.39 is 0 Å². The molecular formula is C19H27N3O3. The maximum absolute atomic E-state index is 12.5. The first-order valence-electron chi connectivity index (χ1n) is 8.97. The Balaban J connectivity index is 1.53. The van der Waals surface area contributed by atoms with Crippen LogP contribution in [-0.4, -0.2) is 72.6 Å². The molecule has 2 saturated heterocycles. The molecule has 1 aromatic rings. The van der Waals surface area contributed by atoms with Gasteiger partial charge in [-0.3, -0.25) is 14.6 Å². The summed E-state index contributed by atoms with van der Waals surface area (Å²) in [5.41, 5.74) is 2.68. The van der Waals surface area contributed by atoms with Gasteiger partial charge in [0.1, 0.15) is 6.54 Å². The molecule has 0 radical (unpaired) electrons. The number of likely N-dealkylation sites (tertiary alicyclic amines) is 1. The summed E-state index contributed by atoms with van der Waals surface area (Å²) in [5.74, 6) is -0.107. The maximum atomic E-state index is 12.5. The minimum absolute atomic E-state index is 0.107. The van der Waals surface area contributed by atoms with Gasteiger partial charge < -0.3 is 9.64 Å².